The highest BCUT2D eigenvalue weighted by atomic mass is 32.1. The molecule has 0 saturated heterocycles. The minimum Gasteiger partial charge on any atom is -0.340 e. The van der Waals surface area contributed by atoms with Crippen LogP contribution in [0.5, 0.6) is 0 Å². The maximum Gasteiger partial charge on any atom is 0.174 e. The van der Waals surface area contributed by atoms with Gasteiger partial charge in [0.05, 0.1) is 0 Å². The molecule has 0 bridgehead atoms. The first-order valence-corrected chi connectivity index (χ1v) is 9.65. The summed E-state index contributed by atoms with van der Waals surface area (Å²) in [6, 6.07) is 25.5. The van der Waals surface area contributed by atoms with E-state index in [9.17, 15) is 0 Å². The van der Waals surface area contributed by atoms with Crippen LogP contribution in [0, 0.1) is 20.8 Å². The molecule has 3 rings (SSSR count). The maximum absolute atomic E-state index is 5.80. The molecule has 0 aliphatic carbocycles. The number of thiocarbonyl (C=S) groups is 1. The third-order valence-electron chi connectivity index (χ3n) is 4.58. The summed E-state index contributed by atoms with van der Waals surface area (Å²) in [6.45, 7) is 7.88. The van der Waals surface area contributed by atoms with Crippen LogP contribution < -0.4 is 5.32 Å². The van der Waals surface area contributed by atoms with Crippen LogP contribution in [0.1, 0.15) is 27.8 Å². The molecule has 3 aromatic carbocycles. The Morgan fingerprint density at radius 3 is 2.15 bits per heavy atom. The van der Waals surface area contributed by atoms with E-state index in [0.29, 0.717) is 0 Å². The van der Waals surface area contributed by atoms with Gasteiger partial charge >= 0.3 is 0 Å². The van der Waals surface area contributed by atoms with E-state index in [-0.39, 0.29) is 0 Å². The number of benzene rings is 3. The lowest BCUT2D eigenvalue weighted by Crippen LogP contribution is -2.34. The number of rotatable bonds is 5. The topological polar surface area (TPSA) is 15.3 Å². The van der Waals surface area contributed by atoms with Crippen LogP contribution in [-0.2, 0) is 13.1 Å². The van der Waals surface area contributed by atoms with E-state index in [1.54, 1.807) is 0 Å². The van der Waals surface area contributed by atoms with Crippen LogP contribution in [0.2, 0.25) is 0 Å². The second-order valence-corrected chi connectivity index (χ2v) is 7.47. The van der Waals surface area contributed by atoms with Gasteiger partial charge in [0, 0.05) is 18.8 Å². The molecule has 0 aliphatic heterocycles. The largest absolute Gasteiger partial charge is 0.340 e. The van der Waals surface area contributed by atoms with Gasteiger partial charge in [-0.25, -0.2) is 0 Å². The zero-order chi connectivity index (χ0) is 19.2. The third kappa shape index (κ3) is 5.41. The fourth-order valence-corrected chi connectivity index (χ4v) is 3.42. The van der Waals surface area contributed by atoms with Gasteiger partial charge in [-0.05, 0) is 55.7 Å². The first kappa shape index (κ1) is 19.1. The van der Waals surface area contributed by atoms with Crippen molar-refractivity contribution in [3.05, 3.63) is 101 Å². The number of hydrogen-bond acceptors (Lipinski definition) is 1. The quantitative estimate of drug-likeness (QED) is 0.551. The molecule has 27 heavy (non-hydrogen) atoms. The Bertz CT molecular complexity index is 919. The van der Waals surface area contributed by atoms with Crippen LogP contribution >= 0.6 is 12.2 Å². The molecule has 0 aromatic heterocycles. The highest BCUT2D eigenvalue weighted by Gasteiger charge is 2.13. The number of aryl methyl sites for hydroxylation is 3. The first-order valence-electron chi connectivity index (χ1n) is 9.24. The van der Waals surface area contributed by atoms with Gasteiger partial charge in [-0.1, -0.05) is 77.9 Å². The van der Waals surface area contributed by atoms with Crippen LogP contribution in [0.3, 0.4) is 0 Å². The lowest BCUT2D eigenvalue weighted by Gasteiger charge is -2.27. The van der Waals surface area contributed by atoms with E-state index in [2.05, 4.69) is 97.7 Å². The van der Waals surface area contributed by atoms with Gasteiger partial charge in [0.2, 0.25) is 0 Å². The van der Waals surface area contributed by atoms with Crippen molar-refractivity contribution in [2.45, 2.75) is 33.9 Å². The second-order valence-electron chi connectivity index (χ2n) is 7.08. The van der Waals surface area contributed by atoms with Gasteiger partial charge in [-0.2, -0.15) is 0 Å². The lowest BCUT2D eigenvalue weighted by molar-refractivity contribution is 0.413. The van der Waals surface area contributed by atoms with Crippen molar-refractivity contribution in [1.29, 1.82) is 0 Å². The Labute approximate surface area is 167 Å². The van der Waals surface area contributed by atoms with Gasteiger partial charge in [0.15, 0.2) is 5.11 Å². The minimum atomic E-state index is 0.743. The predicted octanol–water partition coefficient (Wildman–Crippen LogP) is 6.01. The Kier molecular flexibility index (Phi) is 6.25. The summed E-state index contributed by atoms with van der Waals surface area (Å²) in [5, 5.41) is 4.19. The summed E-state index contributed by atoms with van der Waals surface area (Å²) in [5.41, 5.74) is 7.29. The lowest BCUT2D eigenvalue weighted by atomic mass is 10.1. The molecule has 0 fully saturated rings. The number of nitrogens with zero attached hydrogens (tertiary/aromatic N) is 1. The Balaban J connectivity index is 1.82. The number of hydrogen-bond donors (Lipinski definition) is 1. The van der Waals surface area contributed by atoms with Crippen molar-refractivity contribution in [3.63, 3.8) is 0 Å². The molecule has 0 spiro atoms. The molecule has 138 valence electrons. The third-order valence-corrected chi connectivity index (χ3v) is 4.94. The summed E-state index contributed by atoms with van der Waals surface area (Å²) in [7, 11) is 0. The van der Waals surface area contributed by atoms with Gasteiger partial charge in [0.1, 0.15) is 0 Å². The van der Waals surface area contributed by atoms with Gasteiger partial charge < -0.3 is 10.2 Å². The second kappa shape index (κ2) is 8.83. The zero-order valence-electron chi connectivity index (χ0n) is 16.2. The number of nitrogens with one attached hydrogen (secondary N) is 1. The molecule has 3 aromatic rings. The zero-order valence-corrected chi connectivity index (χ0v) is 17.0. The van der Waals surface area contributed by atoms with E-state index in [0.717, 1.165) is 23.9 Å². The molecule has 0 amide bonds. The Morgan fingerprint density at radius 1 is 0.778 bits per heavy atom. The van der Waals surface area contributed by atoms with E-state index < -0.39 is 0 Å². The summed E-state index contributed by atoms with van der Waals surface area (Å²) in [4.78, 5) is 2.22. The fraction of sp³-hybridized carbons (Fsp3) is 0.208. The van der Waals surface area contributed by atoms with E-state index in [1.165, 1.54) is 27.8 Å². The standard InChI is InChI=1S/C24H26N2S/c1-18-8-7-11-22(15-18)17-26(16-21-9-5-4-6-10-21)24(27)25-23-13-12-19(2)14-20(23)3/h4-15H,16-17H2,1-3H3,(H,25,27). The van der Waals surface area contributed by atoms with Crippen molar-refractivity contribution in [3.8, 4) is 0 Å². The molecule has 1 N–H and O–H groups in total. The monoisotopic (exact) mass is 374 g/mol. The highest BCUT2D eigenvalue weighted by Crippen LogP contribution is 2.19. The molecule has 0 atom stereocenters. The number of anilines is 1. The van der Waals surface area contributed by atoms with Crippen LogP contribution in [0.15, 0.2) is 72.8 Å². The summed E-state index contributed by atoms with van der Waals surface area (Å²) in [5.74, 6) is 0. The molecular formula is C24H26N2S. The van der Waals surface area contributed by atoms with Gasteiger partial charge in [0.25, 0.3) is 0 Å². The molecule has 0 saturated carbocycles. The Morgan fingerprint density at radius 2 is 1.44 bits per heavy atom. The van der Waals surface area contributed by atoms with Crippen molar-refractivity contribution < 1.29 is 0 Å². The molecule has 2 nitrogen and oxygen atoms in total. The van der Waals surface area contributed by atoms with Crippen molar-refractivity contribution in [2.24, 2.45) is 0 Å². The van der Waals surface area contributed by atoms with Crippen LogP contribution in [0.25, 0.3) is 0 Å². The molecule has 0 unspecified atom stereocenters. The SMILES string of the molecule is Cc1cccc(CN(Cc2ccccc2)C(=S)Nc2ccc(C)cc2C)c1. The van der Waals surface area contributed by atoms with E-state index >= 15 is 0 Å². The summed E-state index contributed by atoms with van der Waals surface area (Å²) in [6.07, 6.45) is 0. The highest BCUT2D eigenvalue weighted by molar-refractivity contribution is 7.80. The molecule has 0 heterocycles. The molecular weight excluding hydrogens is 348 g/mol. The van der Waals surface area contributed by atoms with E-state index in [4.69, 9.17) is 12.2 Å². The smallest absolute Gasteiger partial charge is 0.174 e. The van der Waals surface area contributed by atoms with E-state index in [1.807, 2.05) is 6.07 Å². The molecule has 0 radical (unpaired) electrons. The summed E-state index contributed by atoms with van der Waals surface area (Å²) < 4.78 is 0. The van der Waals surface area contributed by atoms with Gasteiger partial charge in [-0.3, -0.25) is 0 Å². The van der Waals surface area contributed by atoms with Crippen molar-refractivity contribution in [1.82, 2.24) is 4.90 Å². The normalized spacial score (nSPS) is 10.5. The predicted molar refractivity (Wildman–Crippen MR) is 119 cm³/mol. The van der Waals surface area contributed by atoms with Gasteiger partial charge in [-0.15, -0.1) is 0 Å². The average molecular weight is 375 g/mol. The maximum atomic E-state index is 5.80. The molecule has 3 heteroatoms. The fourth-order valence-electron chi connectivity index (χ4n) is 3.18. The molecule has 0 aliphatic rings. The minimum absolute atomic E-state index is 0.743. The first-order chi connectivity index (χ1) is 13.0. The van der Waals surface area contributed by atoms with Crippen molar-refractivity contribution in [2.75, 3.05) is 5.32 Å². The summed E-state index contributed by atoms with van der Waals surface area (Å²) >= 11 is 5.80. The van der Waals surface area contributed by atoms with Crippen molar-refractivity contribution >= 4 is 23.0 Å². The average Bonchev–Trinajstić information content (AvgIpc) is 2.64. The Hall–Kier alpha value is -2.65. The van der Waals surface area contributed by atoms with Crippen LogP contribution in [0.4, 0.5) is 5.69 Å². The van der Waals surface area contributed by atoms with Crippen LogP contribution in [-0.4, -0.2) is 10.0 Å².